The van der Waals surface area contributed by atoms with Gasteiger partial charge in [0.1, 0.15) is 42.5 Å². The third-order valence-electron chi connectivity index (χ3n) is 12.4. The van der Waals surface area contributed by atoms with Crippen LogP contribution in [0.3, 0.4) is 0 Å². The number of aliphatic hydroxyl groups excluding tert-OH is 8. The maximum absolute atomic E-state index is 12.8. The molecule has 0 bridgehead atoms. The number of likely N-dealkylation sites (tertiary alicyclic amines) is 2. The standard InChI is InChI=1S/2C19H15Cl2N3O7.C7H17NO5.C5H13NO3/c2*20-10-3-6-16(31-19(28)23-7-1-2-15(23)18(26)27)12(8-10)17(25)22-14-5-4-11(24(29)30)9-13(14)21;1-8-2-4(10)6(12)7(13)5(11)3-9;6-1-5(2-7,3-8)4-9/h2*3-6,8-9,15H,1-2,7H2,(H,22,25)(H,26,27);4-13H,2-3H2,1H3;7-9H,1-4,6H2/t2*15-;;/m00../s1. The van der Waals surface area contributed by atoms with Crippen LogP contribution < -0.4 is 41.4 Å². The number of likely N-dealkylation sites (N-methyl/N-ethyl adjacent to an activating group) is 1. The lowest BCUT2D eigenvalue weighted by Gasteiger charge is -2.24. The number of carbonyl (C=O) groups excluding carboxylic acids is 6. The van der Waals surface area contributed by atoms with Crippen LogP contribution in [0, 0.1) is 25.6 Å². The number of halogens is 4. The number of nitro groups is 2. The van der Waals surface area contributed by atoms with E-state index in [2.05, 4.69) is 16.4 Å². The van der Waals surface area contributed by atoms with Crippen LogP contribution in [-0.2, 0) is 9.59 Å². The van der Waals surface area contributed by atoms with Crippen LogP contribution in [0.1, 0.15) is 46.4 Å². The number of hydrogen-bond acceptors (Lipinski definition) is 22. The zero-order chi connectivity index (χ0) is 63.2. The highest BCUT2D eigenvalue weighted by Gasteiger charge is 2.34. The van der Waals surface area contributed by atoms with E-state index < -0.39 is 94.3 Å². The molecule has 0 radical (unpaired) electrons. The number of benzene rings is 4. The largest absolute Gasteiger partial charge is 0.548 e. The Balaban J connectivity index is 0.000000327. The number of amides is 4. The number of carboxylic acids is 2. The van der Waals surface area contributed by atoms with Gasteiger partial charge in [0, 0.05) is 47.4 Å². The zero-order valence-corrected chi connectivity index (χ0v) is 47.3. The average Bonchev–Trinajstić information content (AvgIpc) is 4.14. The first-order chi connectivity index (χ1) is 39.6. The Morgan fingerprint density at radius 3 is 1.33 bits per heavy atom. The molecule has 0 aromatic heterocycles. The lowest BCUT2D eigenvalue weighted by Crippen LogP contribution is -2.83. The third-order valence-corrected chi connectivity index (χ3v) is 13.5. The Bertz CT molecular complexity index is 2780. The molecule has 4 aromatic carbocycles. The summed E-state index contributed by atoms with van der Waals surface area (Å²) in [5.74, 6) is -4.60. The van der Waals surface area contributed by atoms with Gasteiger partial charge in [-0.1, -0.05) is 46.4 Å². The minimum absolute atomic E-state index is 0.0722. The first-order valence-electron chi connectivity index (χ1n) is 24.8. The van der Waals surface area contributed by atoms with Gasteiger partial charge in [0.25, 0.3) is 23.2 Å². The van der Waals surface area contributed by atoms with Crippen LogP contribution in [0.2, 0.25) is 20.1 Å². The maximum atomic E-state index is 12.8. The molecule has 2 heterocycles. The average molecular weight is 1270 g/mol. The van der Waals surface area contributed by atoms with Gasteiger partial charge in [-0.2, -0.15) is 0 Å². The second-order valence-electron chi connectivity index (χ2n) is 18.3. The van der Waals surface area contributed by atoms with Gasteiger partial charge in [0.2, 0.25) is 0 Å². The molecule has 30 nitrogen and oxygen atoms in total. The van der Waals surface area contributed by atoms with Crippen molar-refractivity contribution in [1.82, 2.24) is 9.80 Å². The van der Waals surface area contributed by atoms with Crippen LogP contribution in [0.25, 0.3) is 0 Å². The fourth-order valence-electron chi connectivity index (χ4n) is 7.45. The fourth-order valence-corrected chi connectivity index (χ4v) is 8.24. The number of aliphatic carboxylic acids is 2. The lowest BCUT2D eigenvalue weighted by molar-refractivity contribution is -0.635. The van der Waals surface area contributed by atoms with Gasteiger partial charge >= 0.3 is 12.2 Å². The van der Waals surface area contributed by atoms with E-state index in [0.29, 0.717) is 19.4 Å². The van der Waals surface area contributed by atoms with Crippen molar-refractivity contribution in [3.63, 3.8) is 0 Å². The quantitative estimate of drug-likeness (QED) is 0.0355. The van der Waals surface area contributed by atoms with E-state index in [1.54, 1.807) is 12.4 Å². The molecule has 2 saturated heterocycles. The number of nitro benzene ring substituents is 2. The van der Waals surface area contributed by atoms with Gasteiger partial charge in [-0.05, 0) is 74.2 Å². The number of nitrogens with one attached hydrogen (secondary N) is 2. The number of quaternary nitrogens is 2. The molecule has 2 aliphatic heterocycles. The molecule has 4 amide bonds. The molecule has 6 rings (SSSR count). The molecule has 0 spiro atoms. The fraction of sp³-hybridized carbons (Fsp3) is 0.400. The number of ether oxygens (including phenoxy) is 2. The highest BCUT2D eigenvalue weighted by atomic mass is 35.5. The minimum atomic E-state index is -1.53. The number of rotatable bonds is 20. The van der Waals surface area contributed by atoms with Crippen molar-refractivity contribution in [2.45, 2.75) is 62.2 Å². The number of nitrogens with zero attached hydrogens (tertiary/aromatic N) is 4. The summed E-state index contributed by atoms with van der Waals surface area (Å²) in [6, 6.07) is 12.6. The Morgan fingerprint density at radius 2 is 1.04 bits per heavy atom. The van der Waals surface area contributed by atoms with E-state index in [9.17, 15) is 69.4 Å². The highest BCUT2D eigenvalue weighted by Crippen LogP contribution is 2.32. The summed E-state index contributed by atoms with van der Waals surface area (Å²) < 4.78 is 10.5. The predicted molar refractivity (Wildman–Crippen MR) is 292 cm³/mol. The number of non-ortho nitro benzene ring substituents is 2. The predicted octanol–water partition coefficient (Wildman–Crippen LogP) is -1.46. The SMILES string of the molecule is C[NH2+]CC(O)C(O)C(O)C(O)CO.O=C(Nc1ccc([N+](=O)[O-])cc1Cl)c1cc(Cl)ccc1OC(=O)N1CCC[C@H]1C(=O)[O-].O=C(Nc1ccc([N+](=O)[O-])cc1Cl)c1cc(Cl)ccc1OC(=O)N1CCC[C@H]1C(=O)[O-].[NH3+]CC(CO)(CO)CO. The molecule has 2 aliphatic rings. The van der Waals surface area contributed by atoms with Crippen molar-refractivity contribution in [3.05, 3.63) is 124 Å². The van der Waals surface area contributed by atoms with Crippen LogP contribution in [0.4, 0.5) is 32.3 Å². The topological polar surface area (TPSA) is 490 Å². The van der Waals surface area contributed by atoms with Crippen molar-refractivity contribution in [2.75, 3.05) is 70.3 Å². The Labute approximate surface area is 496 Å². The first kappa shape index (κ1) is 71.1. The Morgan fingerprint density at radius 1 is 0.655 bits per heavy atom. The normalized spacial score (nSPS) is 15.9. The van der Waals surface area contributed by atoms with E-state index in [-0.39, 0.29) is 118 Å². The monoisotopic (exact) mass is 1260 g/mol. The van der Waals surface area contributed by atoms with Crippen LogP contribution in [0.15, 0.2) is 72.8 Å². The van der Waals surface area contributed by atoms with Crippen molar-refractivity contribution >= 4 is 105 Å². The molecule has 2 fully saturated rings. The van der Waals surface area contributed by atoms with Crippen LogP contribution in [0.5, 0.6) is 11.5 Å². The van der Waals surface area contributed by atoms with E-state index in [1.165, 1.54) is 48.5 Å². The number of anilines is 2. The zero-order valence-electron chi connectivity index (χ0n) is 44.3. The number of hydrogen-bond donors (Lipinski definition) is 12. The van der Waals surface area contributed by atoms with Crippen molar-refractivity contribution in [1.29, 1.82) is 0 Å². The number of nitrogens with two attached hydrogens (primary N) is 1. The van der Waals surface area contributed by atoms with Crippen LogP contribution in [-0.4, -0.2) is 193 Å². The van der Waals surface area contributed by atoms with Gasteiger partial charge < -0.3 is 91.8 Å². The molecule has 0 saturated carbocycles. The van der Waals surface area contributed by atoms with Gasteiger partial charge in [0.05, 0.1) is 112 Å². The number of carboxylic acid groups (broad SMARTS) is 2. The number of aliphatic hydroxyl groups is 8. The molecule has 6 atom stereocenters. The summed E-state index contributed by atoms with van der Waals surface area (Å²) in [4.78, 5) is 95.2. The lowest BCUT2D eigenvalue weighted by atomic mass is 9.92. The van der Waals surface area contributed by atoms with Crippen LogP contribution >= 0.6 is 46.4 Å². The van der Waals surface area contributed by atoms with Gasteiger partial charge in [-0.25, -0.2) is 9.59 Å². The van der Waals surface area contributed by atoms with Crippen molar-refractivity contribution in [3.8, 4) is 11.5 Å². The maximum Gasteiger partial charge on any atom is 0.415 e. The molecule has 0 aliphatic carbocycles. The summed E-state index contributed by atoms with van der Waals surface area (Å²) in [5.41, 5.74) is 2.13. The molecular weight excluding hydrogens is 1210 g/mol. The second kappa shape index (κ2) is 34.0. The summed E-state index contributed by atoms with van der Waals surface area (Å²) in [7, 11) is 1.70. The molecule has 4 aromatic rings. The third kappa shape index (κ3) is 20.3. The van der Waals surface area contributed by atoms with Crippen molar-refractivity contribution in [2.24, 2.45) is 5.41 Å². The van der Waals surface area contributed by atoms with E-state index >= 15 is 0 Å². The van der Waals surface area contributed by atoms with Gasteiger partial charge in [0.15, 0.2) is 0 Å². The highest BCUT2D eigenvalue weighted by molar-refractivity contribution is 6.35. The Kier molecular flexibility index (Phi) is 28.8. The van der Waals surface area contributed by atoms with Gasteiger partial charge in [-0.15, -0.1) is 0 Å². The van der Waals surface area contributed by atoms with Crippen molar-refractivity contribution < 1.29 is 110 Å². The first-order valence-corrected chi connectivity index (χ1v) is 26.4. The summed E-state index contributed by atoms with van der Waals surface area (Å²) in [5, 5.41) is 122. The molecule has 4 unspecified atom stereocenters. The van der Waals surface area contributed by atoms with E-state index in [1.807, 2.05) is 0 Å². The molecule has 15 N–H and O–H groups in total. The molecule has 84 heavy (non-hydrogen) atoms. The second-order valence-corrected chi connectivity index (χ2v) is 20.0. The minimum Gasteiger partial charge on any atom is -0.548 e. The summed E-state index contributed by atoms with van der Waals surface area (Å²) in [6.45, 7) is -0.403. The Hall–Kier alpha value is -7.14. The smallest absolute Gasteiger partial charge is 0.415 e. The number of carbonyl (C=O) groups is 6. The van der Waals surface area contributed by atoms with E-state index in [0.717, 1.165) is 34.1 Å². The summed E-state index contributed by atoms with van der Waals surface area (Å²) >= 11 is 23.9. The molecular formula is C50H60Cl4N8O22. The van der Waals surface area contributed by atoms with Gasteiger partial charge in [-0.3, -0.25) is 39.6 Å². The molecule has 460 valence electrons. The van der Waals surface area contributed by atoms with E-state index in [4.69, 9.17) is 86.5 Å². The summed E-state index contributed by atoms with van der Waals surface area (Å²) in [6.07, 6.45) is -6.00. The molecule has 34 heteroatoms.